The fraction of sp³-hybridized carbons (Fsp3) is 0.458. The number of fused-ring (bicyclic) bond motifs is 1. The molecule has 3 aromatic rings. The number of hydrogen-bond acceptors (Lipinski definition) is 6. The molecule has 2 fully saturated rings. The highest BCUT2D eigenvalue weighted by molar-refractivity contribution is 5.95. The van der Waals surface area contributed by atoms with Gasteiger partial charge in [0.1, 0.15) is 16.9 Å². The second kappa shape index (κ2) is 9.56. The van der Waals surface area contributed by atoms with Crippen LogP contribution in [0.3, 0.4) is 0 Å². The number of hydrogen-bond donors (Lipinski definition) is 4. The molecule has 1 atom stereocenters. The third kappa shape index (κ3) is 4.70. The van der Waals surface area contributed by atoms with Crippen molar-refractivity contribution >= 4 is 22.8 Å². The Morgan fingerprint density at radius 2 is 1.94 bits per heavy atom. The molecule has 4 N–H and O–H groups in total. The van der Waals surface area contributed by atoms with Crippen molar-refractivity contribution in [3.05, 3.63) is 42.1 Å². The zero-order valence-electron chi connectivity index (χ0n) is 18.2. The maximum Gasteiger partial charge on any atom is 0.251 e. The van der Waals surface area contributed by atoms with E-state index in [1.54, 1.807) is 12.3 Å². The quantitative estimate of drug-likeness (QED) is 0.468. The first kappa shape index (κ1) is 20.8. The van der Waals surface area contributed by atoms with Crippen molar-refractivity contribution < 1.29 is 9.53 Å². The number of nitrogens with one attached hydrogen (secondary N) is 4. The molecule has 0 bridgehead atoms. The van der Waals surface area contributed by atoms with Gasteiger partial charge in [0.15, 0.2) is 11.5 Å². The van der Waals surface area contributed by atoms with Crippen LogP contribution in [0.1, 0.15) is 55.3 Å². The Morgan fingerprint density at radius 3 is 2.78 bits per heavy atom. The smallest absolute Gasteiger partial charge is 0.251 e. The summed E-state index contributed by atoms with van der Waals surface area (Å²) in [7, 11) is 0. The van der Waals surface area contributed by atoms with Gasteiger partial charge in [0.25, 0.3) is 5.91 Å². The normalized spacial score (nSPS) is 19.6. The molecule has 3 heterocycles. The number of rotatable bonds is 6. The van der Waals surface area contributed by atoms with Gasteiger partial charge in [-0.3, -0.25) is 9.89 Å². The topological polar surface area (TPSA) is 104 Å². The van der Waals surface area contributed by atoms with Crippen LogP contribution >= 0.6 is 0 Å². The number of carbonyl (C=O) groups is 1. The molecule has 1 aliphatic carbocycles. The van der Waals surface area contributed by atoms with Crippen LogP contribution in [0.4, 0.5) is 5.82 Å². The summed E-state index contributed by atoms with van der Waals surface area (Å²) < 4.78 is 6.22. The van der Waals surface area contributed by atoms with E-state index in [0.717, 1.165) is 50.0 Å². The van der Waals surface area contributed by atoms with Gasteiger partial charge in [-0.05, 0) is 50.4 Å². The standard InChI is InChI=1S/C24H30N6O2/c31-24(28-17-7-2-1-3-8-17)16-6-4-10-19(14-16)32-20-11-13-26-22-21(20)23(30-29-22)27-18-9-5-12-25-15-18/h4,6,10-11,13-14,17-18,25H,1-3,5,7-9,12,15H2,(H,28,31)(H2,26,27,29,30)/t18-/m1/s1. The van der Waals surface area contributed by atoms with E-state index in [1.165, 1.54) is 19.3 Å². The third-order valence-electron chi connectivity index (χ3n) is 6.33. The fourth-order valence-corrected chi connectivity index (χ4v) is 4.62. The summed E-state index contributed by atoms with van der Waals surface area (Å²) in [4.78, 5) is 17.1. The predicted octanol–water partition coefficient (Wildman–Crippen LogP) is 3.98. The Morgan fingerprint density at radius 1 is 1.06 bits per heavy atom. The highest BCUT2D eigenvalue weighted by atomic mass is 16.5. The summed E-state index contributed by atoms with van der Waals surface area (Å²) in [5, 5.41) is 18.3. The molecule has 8 heteroatoms. The van der Waals surface area contributed by atoms with E-state index in [0.29, 0.717) is 28.8 Å². The number of aromatic nitrogens is 3. The van der Waals surface area contributed by atoms with Gasteiger partial charge in [0.2, 0.25) is 0 Å². The molecule has 5 rings (SSSR count). The largest absolute Gasteiger partial charge is 0.456 e. The Kier molecular flexibility index (Phi) is 6.20. The van der Waals surface area contributed by atoms with Gasteiger partial charge in [-0.2, -0.15) is 5.10 Å². The van der Waals surface area contributed by atoms with Crippen LogP contribution in [0.15, 0.2) is 36.5 Å². The molecule has 1 amide bonds. The first-order chi connectivity index (χ1) is 15.8. The number of anilines is 1. The van der Waals surface area contributed by atoms with Crippen LogP contribution < -0.4 is 20.7 Å². The van der Waals surface area contributed by atoms with Crippen molar-refractivity contribution in [2.45, 2.75) is 57.0 Å². The van der Waals surface area contributed by atoms with Crippen LogP contribution in [0.25, 0.3) is 11.0 Å². The van der Waals surface area contributed by atoms with E-state index >= 15 is 0 Å². The van der Waals surface area contributed by atoms with Gasteiger partial charge in [-0.1, -0.05) is 25.3 Å². The van der Waals surface area contributed by atoms with Crippen LogP contribution in [0.2, 0.25) is 0 Å². The molecule has 1 aromatic carbocycles. The number of piperidine rings is 1. The van der Waals surface area contributed by atoms with Gasteiger partial charge < -0.3 is 20.7 Å². The fourth-order valence-electron chi connectivity index (χ4n) is 4.62. The highest BCUT2D eigenvalue weighted by Gasteiger charge is 2.20. The lowest BCUT2D eigenvalue weighted by Gasteiger charge is -2.24. The van der Waals surface area contributed by atoms with Gasteiger partial charge in [0.05, 0.1) is 0 Å². The van der Waals surface area contributed by atoms with Crippen molar-refractivity contribution in [1.29, 1.82) is 0 Å². The van der Waals surface area contributed by atoms with Gasteiger partial charge in [-0.15, -0.1) is 0 Å². The molecule has 0 radical (unpaired) electrons. The lowest BCUT2D eigenvalue weighted by Crippen LogP contribution is -2.38. The maximum atomic E-state index is 12.8. The van der Waals surface area contributed by atoms with Crippen molar-refractivity contribution in [2.75, 3.05) is 18.4 Å². The summed E-state index contributed by atoms with van der Waals surface area (Å²) in [5.74, 6) is 1.96. The van der Waals surface area contributed by atoms with Crippen LogP contribution in [-0.4, -0.2) is 46.3 Å². The monoisotopic (exact) mass is 434 g/mol. The second-order valence-corrected chi connectivity index (χ2v) is 8.73. The van der Waals surface area contributed by atoms with Crippen molar-refractivity contribution in [1.82, 2.24) is 25.8 Å². The molecule has 8 nitrogen and oxygen atoms in total. The molecule has 0 unspecified atom stereocenters. The summed E-state index contributed by atoms with van der Waals surface area (Å²) in [5.41, 5.74) is 1.28. The third-order valence-corrected chi connectivity index (χ3v) is 6.33. The molecular weight excluding hydrogens is 404 g/mol. The average molecular weight is 435 g/mol. The van der Waals surface area contributed by atoms with Crippen LogP contribution in [0, 0.1) is 0 Å². The lowest BCUT2D eigenvalue weighted by molar-refractivity contribution is 0.0927. The van der Waals surface area contributed by atoms with Crippen molar-refractivity contribution in [3.8, 4) is 11.5 Å². The number of nitrogens with zero attached hydrogens (tertiary/aromatic N) is 2. The minimum Gasteiger partial charge on any atom is -0.456 e. The molecular formula is C24H30N6O2. The lowest BCUT2D eigenvalue weighted by atomic mass is 9.95. The molecule has 168 valence electrons. The number of carbonyl (C=O) groups excluding carboxylic acids is 1. The summed E-state index contributed by atoms with van der Waals surface area (Å²) in [6.07, 6.45) is 9.68. The van der Waals surface area contributed by atoms with Crippen LogP contribution in [-0.2, 0) is 0 Å². The van der Waals surface area contributed by atoms with E-state index in [2.05, 4.69) is 31.1 Å². The van der Waals surface area contributed by atoms with E-state index in [1.807, 2.05) is 24.3 Å². The van der Waals surface area contributed by atoms with Crippen molar-refractivity contribution in [2.24, 2.45) is 0 Å². The summed E-state index contributed by atoms with van der Waals surface area (Å²) in [6.45, 7) is 1.96. The Bertz CT molecular complexity index is 1070. The molecule has 1 aliphatic heterocycles. The highest BCUT2D eigenvalue weighted by Crippen LogP contribution is 2.33. The minimum absolute atomic E-state index is 0.0438. The first-order valence-corrected chi connectivity index (χ1v) is 11.7. The van der Waals surface area contributed by atoms with E-state index in [9.17, 15) is 4.79 Å². The van der Waals surface area contributed by atoms with Gasteiger partial charge >= 0.3 is 0 Å². The number of amides is 1. The number of H-pyrrole nitrogens is 1. The van der Waals surface area contributed by atoms with E-state index in [4.69, 9.17) is 4.74 Å². The molecule has 2 aliphatic rings. The molecule has 1 saturated carbocycles. The molecule has 2 aromatic heterocycles. The number of ether oxygens (including phenoxy) is 1. The maximum absolute atomic E-state index is 12.8. The predicted molar refractivity (Wildman–Crippen MR) is 124 cm³/mol. The SMILES string of the molecule is O=C(NC1CCCCC1)c1cccc(Oc2ccnc3[nH]nc(N[C@@H]4CCCNC4)c23)c1. The molecule has 0 spiro atoms. The van der Waals surface area contributed by atoms with Gasteiger partial charge in [-0.25, -0.2) is 4.98 Å². The Hall–Kier alpha value is -3.13. The van der Waals surface area contributed by atoms with Crippen molar-refractivity contribution in [3.63, 3.8) is 0 Å². The van der Waals surface area contributed by atoms with Crippen LogP contribution in [0.5, 0.6) is 11.5 Å². The zero-order valence-corrected chi connectivity index (χ0v) is 18.2. The average Bonchev–Trinajstić information content (AvgIpc) is 3.24. The van der Waals surface area contributed by atoms with Gasteiger partial charge in [0, 0.05) is 36.5 Å². The number of pyridine rings is 1. The Labute approximate surface area is 187 Å². The van der Waals surface area contributed by atoms with E-state index < -0.39 is 0 Å². The first-order valence-electron chi connectivity index (χ1n) is 11.7. The Balaban J connectivity index is 1.34. The summed E-state index contributed by atoms with van der Waals surface area (Å²) in [6, 6.07) is 9.76. The van der Waals surface area contributed by atoms with E-state index in [-0.39, 0.29) is 11.9 Å². The zero-order chi connectivity index (χ0) is 21.8. The number of aromatic amines is 1. The molecule has 1 saturated heterocycles. The minimum atomic E-state index is -0.0438. The molecule has 32 heavy (non-hydrogen) atoms. The summed E-state index contributed by atoms with van der Waals surface area (Å²) >= 11 is 0. The number of benzene rings is 1. The second-order valence-electron chi connectivity index (χ2n) is 8.73.